The van der Waals surface area contributed by atoms with Gasteiger partial charge in [0.1, 0.15) is 6.61 Å². The number of unbranched alkanes of at least 4 members (excludes halogenated alkanes) is 1. The predicted molar refractivity (Wildman–Crippen MR) is 88.9 cm³/mol. The van der Waals surface area contributed by atoms with Crippen molar-refractivity contribution in [3.05, 3.63) is 0 Å². The number of ether oxygens (including phenoxy) is 2. The molecule has 0 aliphatic heterocycles. The van der Waals surface area contributed by atoms with Crippen LogP contribution in [0.2, 0.25) is 0 Å². The zero-order chi connectivity index (χ0) is 16.6. The highest BCUT2D eigenvalue weighted by molar-refractivity contribution is 5.79. The van der Waals surface area contributed by atoms with Crippen molar-refractivity contribution < 1.29 is 19.1 Å². The molecule has 0 spiro atoms. The van der Waals surface area contributed by atoms with Crippen LogP contribution in [0, 0.1) is 5.92 Å². The van der Waals surface area contributed by atoms with E-state index in [-0.39, 0.29) is 18.4 Å². The molecule has 0 aliphatic rings. The lowest BCUT2D eigenvalue weighted by molar-refractivity contribution is -0.143. The number of ketones is 1. The molecule has 0 heterocycles. The van der Waals surface area contributed by atoms with Crippen molar-refractivity contribution in [3.63, 3.8) is 0 Å². The molecule has 0 aromatic heterocycles. The van der Waals surface area contributed by atoms with E-state index in [4.69, 9.17) is 9.47 Å². The Hall–Kier alpha value is -0.900. The average molecular weight is 314 g/mol. The molecule has 1 atom stereocenters. The minimum absolute atomic E-state index is 0.100. The average Bonchev–Trinajstić information content (AvgIpc) is 2.50. The van der Waals surface area contributed by atoms with Gasteiger partial charge in [0.2, 0.25) is 0 Å². The summed E-state index contributed by atoms with van der Waals surface area (Å²) in [5.41, 5.74) is 0. The molecule has 22 heavy (non-hydrogen) atoms. The van der Waals surface area contributed by atoms with Gasteiger partial charge in [0.25, 0.3) is 0 Å². The second-order valence-electron chi connectivity index (χ2n) is 5.81. The Morgan fingerprint density at radius 1 is 0.955 bits per heavy atom. The molecule has 0 aliphatic carbocycles. The molecule has 0 aromatic carbocycles. The number of hydrogen-bond donors (Lipinski definition) is 0. The Labute approximate surface area is 135 Å². The summed E-state index contributed by atoms with van der Waals surface area (Å²) in [4.78, 5) is 22.9. The highest BCUT2D eigenvalue weighted by Gasteiger charge is 2.10. The van der Waals surface area contributed by atoms with E-state index in [0.717, 1.165) is 44.9 Å². The zero-order valence-electron chi connectivity index (χ0n) is 14.7. The standard InChI is InChI=1S/C18H34O4/c1-4-7-14-21-15-17(19)12-8-10-16(5-2)11-9-13-18(20)22-6-3/h16H,4-15H2,1-3H3. The predicted octanol–water partition coefficient (Wildman–Crippen LogP) is 4.30. The number of esters is 1. The molecule has 0 aromatic rings. The summed E-state index contributed by atoms with van der Waals surface area (Å²) in [5, 5.41) is 0. The van der Waals surface area contributed by atoms with Crippen LogP contribution in [0.3, 0.4) is 0 Å². The smallest absolute Gasteiger partial charge is 0.305 e. The lowest BCUT2D eigenvalue weighted by atomic mass is 9.93. The van der Waals surface area contributed by atoms with Gasteiger partial charge in [-0.3, -0.25) is 9.59 Å². The van der Waals surface area contributed by atoms with Gasteiger partial charge in [-0.1, -0.05) is 33.1 Å². The zero-order valence-corrected chi connectivity index (χ0v) is 14.7. The summed E-state index contributed by atoms with van der Waals surface area (Å²) >= 11 is 0. The first-order valence-corrected chi connectivity index (χ1v) is 8.89. The van der Waals surface area contributed by atoms with Crippen molar-refractivity contribution in [2.45, 2.75) is 78.6 Å². The maximum atomic E-state index is 11.7. The summed E-state index contributed by atoms with van der Waals surface area (Å²) in [6, 6.07) is 0. The fourth-order valence-electron chi connectivity index (χ4n) is 2.41. The van der Waals surface area contributed by atoms with Crippen LogP contribution in [0.1, 0.15) is 78.6 Å². The molecule has 1 unspecified atom stereocenters. The largest absolute Gasteiger partial charge is 0.466 e. The molecule has 0 saturated heterocycles. The molecular weight excluding hydrogens is 280 g/mol. The minimum Gasteiger partial charge on any atom is -0.466 e. The molecule has 4 heteroatoms. The summed E-state index contributed by atoms with van der Waals surface area (Å²) in [6.45, 7) is 7.52. The van der Waals surface area contributed by atoms with E-state index >= 15 is 0 Å². The van der Waals surface area contributed by atoms with Crippen molar-refractivity contribution in [1.82, 2.24) is 0 Å². The van der Waals surface area contributed by atoms with E-state index in [0.29, 0.717) is 32.0 Å². The van der Waals surface area contributed by atoms with Gasteiger partial charge >= 0.3 is 5.97 Å². The van der Waals surface area contributed by atoms with E-state index in [1.807, 2.05) is 6.92 Å². The summed E-state index contributed by atoms with van der Waals surface area (Å²) in [5.74, 6) is 0.706. The van der Waals surface area contributed by atoms with E-state index in [1.165, 1.54) is 0 Å². The fraction of sp³-hybridized carbons (Fsp3) is 0.889. The molecule has 0 rings (SSSR count). The molecular formula is C18H34O4. The maximum Gasteiger partial charge on any atom is 0.305 e. The molecule has 0 amide bonds. The highest BCUT2D eigenvalue weighted by Crippen LogP contribution is 2.19. The van der Waals surface area contributed by atoms with Gasteiger partial charge in [-0.2, -0.15) is 0 Å². The SMILES string of the molecule is CCCCOCC(=O)CCCC(CC)CCCC(=O)OCC. The van der Waals surface area contributed by atoms with Crippen LogP contribution < -0.4 is 0 Å². The normalized spacial score (nSPS) is 12.1. The van der Waals surface area contributed by atoms with Crippen LogP contribution in [0.4, 0.5) is 0 Å². The molecule has 0 saturated carbocycles. The third kappa shape index (κ3) is 12.8. The Bertz CT molecular complexity index is 289. The lowest BCUT2D eigenvalue weighted by Gasteiger charge is -2.14. The maximum absolute atomic E-state index is 11.7. The van der Waals surface area contributed by atoms with E-state index in [9.17, 15) is 9.59 Å². The van der Waals surface area contributed by atoms with E-state index < -0.39 is 0 Å². The number of carbonyl (C=O) groups excluding carboxylic acids is 2. The van der Waals surface area contributed by atoms with Crippen molar-refractivity contribution in [3.8, 4) is 0 Å². The number of carbonyl (C=O) groups is 2. The molecule has 0 fully saturated rings. The van der Waals surface area contributed by atoms with Crippen LogP contribution in [0.5, 0.6) is 0 Å². The van der Waals surface area contributed by atoms with Gasteiger partial charge in [-0.05, 0) is 38.5 Å². The van der Waals surface area contributed by atoms with Crippen molar-refractivity contribution in [1.29, 1.82) is 0 Å². The number of hydrogen-bond acceptors (Lipinski definition) is 4. The first-order chi connectivity index (χ1) is 10.6. The van der Waals surface area contributed by atoms with Gasteiger partial charge in [-0.15, -0.1) is 0 Å². The van der Waals surface area contributed by atoms with Crippen LogP contribution in [-0.4, -0.2) is 31.6 Å². The quantitative estimate of drug-likeness (QED) is 0.334. The van der Waals surface area contributed by atoms with Gasteiger partial charge in [0, 0.05) is 19.4 Å². The third-order valence-corrected chi connectivity index (χ3v) is 3.85. The third-order valence-electron chi connectivity index (χ3n) is 3.85. The summed E-state index contributed by atoms with van der Waals surface area (Å²) in [7, 11) is 0. The lowest BCUT2D eigenvalue weighted by Crippen LogP contribution is -2.10. The van der Waals surface area contributed by atoms with Crippen LogP contribution in [-0.2, 0) is 19.1 Å². The van der Waals surface area contributed by atoms with E-state index in [1.54, 1.807) is 0 Å². The molecule has 4 nitrogen and oxygen atoms in total. The molecule has 0 radical (unpaired) electrons. The summed E-state index contributed by atoms with van der Waals surface area (Å²) < 4.78 is 10.3. The topological polar surface area (TPSA) is 52.6 Å². The van der Waals surface area contributed by atoms with Gasteiger partial charge in [0.15, 0.2) is 5.78 Å². The Kier molecular flexibility index (Phi) is 14.4. The van der Waals surface area contributed by atoms with Gasteiger partial charge in [-0.25, -0.2) is 0 Å². The molecule has 130 valence electrons. The first kappa shape index (κ1) is 21.1. The van der Waals surface area contributed by atoms with Gasteiger partial charge < -0.3 is 9.47 Å². The molecule has 0 N–H and O–H groups in total. The van der Waals surface area contributed by atoms with Crippen LogP contribution in [0.15, 0.2) is 0 Å². The first-order valence-electron chi connectivity index (χ1n) is 8.89. The van der Waals surface area contributed by atoms with E-state index in [2.05, 4.69) is 13.8 Å². The minimum atomic E-state index is -0.100. The molecule has 0 bridgehead atoms. The van der Waals surface area contributed by atoms with Crippen molar-refractivity contribution >= 4 is 11.8 Å². The van der Waals surface area contributed by atoms with Crippen molar-refractivity contribution in [2.24, 2.45) is 5.92 Å². The monoisotopic (exact) mass is 314 g/mol. The Balaban J connectivity index is 3.63. The van der Waals surface area contributed by atoms with Crippen molar-refractivity contribution in [2.75, 3.05) is 19.8 Å². The van der Waals surface area contributed by atoms with Crippen LogP contribution in [0.25, 0.3) is 0 Å². The second-order valence-corrected chi connectivity index (χ2v) is 5.81. The van der Waals surface area contributed by atoms with Crippen LogP contribution >= 0.6 is 0 Å². The van der Waals surface area contributed by atoms with Gasteiger partial charge in [0.05, 0.1) is 6.61 Å². The Morgan fingerprint density at radius 2 is 1.64 bits per heavy atom. The number of Topliss-reactive ketones (excluding diaryl/α,β-unsaturated/α-hetero) is 1. The summed E-state index contributed by atoms with van der Waals surface area (Å²) in [6.07, 6.45) is 8.23. The fourth-order valence-corrected chi connectivity index (χ4v) is 2.41. The Morgan fingerprint density at radius 3 is 2.23 bits per heavy atom. The second kappa shape index (κ2) is 15.0. The highest BCUT2D eigenvalue weighted by atomic mass is 16.5. The number of rotatable bonds is 15.